The number of nitriles is 1. The molecule has 0 radical (unpaired) electrons. The van der Waals surface area contributed by atoms with Gasteiger partial charge in [-0.1, -0.05) is 78.9 Å². The van der Waals surface area contributed by atoms with Crippen LogP contribution in [-0.4, -0.2) is 9.13 Å². The van der Waals surface area contributed by atoms with Crippen molar-refractivity contribution >= 4 is 43.6 Å². The molecule has 0 fully saturated rings. The van der Waals surface area contributed by atoms with Gasteiger partial charge < -0.3 is 9.13 Å². The van der Waals surface area contributed by atoms with Crippen LogP contribution in [0.5, 0.6) is 0 Å². The van der Waals surface area contributed by atoms with E-state index in [0.29, 0.717) is 69.8 Å². The number of hydrogen-bond acceptors (Lipinski definition) is 1. The zero-order valence-electron chi connectivity index (χ0n) is 50.4. The molecule has 538 valence electrons. The maximum Gasteiger partial charge on any atom is 0.417 e. The van der Waals surface area contributed by atoms with E-state index in [1.54, 1.807) is 6.07 Å². The molecule has 0 spiro atoms. The average molecular weight is 1490 g/mol. The lowest BCUT2D eigenvalue weighted by atomic mass is 9.92. The van der Waals surface area contributed by atoms with Crippen molar-refractivity contribution < 1.29 is 132 Å². The molecule has 12 rings (SSSR count). The first kappa shape index (κ1) is 73.0. The predicted octanol–water partition coefficient (Wildman–Crippen LogP) is 26.3. The molecule has 10 aromatic carbocycles. The van der Waals surface area contributed by atoms with E-state index < -0.39 is 218 Å². The van der Waals surface area contributed by atoms with E-state index >= 15 is 65.9 Å². The quantitative estimate of drug-likeness (QED) is 0.146. The first-order valence-corrected chi connectivity index (χ1v) is 29.0. The summed E-state index contributed by atoms with van der Waals surface area (Å²) in [6, 6.07) is 12.7. The van der Waals surface area contributed by atoms with Crippen LogP contribution >= 0.6 is 0 Å². The molecule has 0 atom stereocenters. The normalized spacial score (nSPS) is 13.5. The Labute approximate surface area is 560 Å². The van der Waals surface area contributed by atoms with Crippen molar-refractivity contribution in [3.63, 3.8) is 0 Å². The summed E-state index contributed by atoms with van der Waals surface area (Å²) in [5, 5.41) is 9.59. The zero-order valence-corrected chi connectivity index (χ0v) is 50.4. The van der Waals surface area contributed by atoms with Crippen LogP contribution in [0.1, 0.15) is 61.2 Å². The number of fused-ring (bicyclic) bond motifs is 6. The highest BCUT2D eigenvalue weighted by atomic mass is 19.4. The molecule has 104 heavy (non-hydrogen) atoms. The van der Waals surface area contributed by atoms with Gasteiger partial charge in [-0.3, -0.25) is 0 Å². The van der Waals surface area contributed by atoms with Gasteiger partial charge in [0.25, 0.3) is 0 Å². The molecular formula is C71H29F30N3. The second-order valence-corrected chi connectivity index (χ2v) is 23.4. The molecule has 3 nitrogen and oxygen atoms in total. The lowest BCUT2D eigenvalue weighted by Gasteiger charge is -2.24. The van der Waals surface area contributed by atoms with Crippen molar-refractivity contribution in [1.29, 1.82) is 5.26 Å². The minimum atomic E-state index is -6.08. The second kappa shape index (κ2) is 24.1. The number of halogens is 30. The molecule has 0 aliphatic heterocycles. The molecule has 2 heterocycles. The molecular weight excluding hydrogens is 1460 g/mol. The summed E-state index contributed by atoms with van der Waals surface area (Å²) in [4.78, 5) is 0. The Balaban J connectivity index is 1.32. The summed E-state index contributed by atoms with van der Waals surface area (Å²) in [6.45, 7) is 0. The Hall–Kier alpha value is -10.8. The van der Waals surface area contributed by atoms with Gasteiger partial charge in [0, 0.05) is 27.1 Å². The Kier molecular flexibility index (Phi) is 16.9. The van der Waals surface area contributed by atoms with Gasteiger partial charge in [-0.2, -0.15) is 137 Å². The van der Waals surface area contributed by atoms with Crippen molar-refractivity contribution in [2.75, 3.05) is 0 Å². The summed E-state index contributed by atoms with van der Waals surface area (Å²) in [6.07, 6.45) is -56.5. The lowest BCUT2D eigenvalue weighted by molar-refractivity contribution is -0.144. The Morgan fingerprint density at radius 3 is 0.615 bits per heavy atom. The molecule has 0 saturated heterocycles. The summed E-state index contributed by atoms with van der Waals surface area (Å²) < 4.78 is 445. The maximum absolute atomic E-state index is 16.2. The number of hydrogen-bond donors (Lipinski definition) is 0. The molecule has 0 aliphatic carbocycles. The Morgan fingerprint density at radius 1 is 0.221 bits per heavy atom. The predicted molar refractivity (Wildman–Crippen MR) is 317 cm³/mol. The molecule has 0 saturated carbocycles. The van der Waals surface area contributed by atoms with E-state index in [2.05, 4.69) is 0 Å². The van der Waals surface area contributed by atoms with E-state index in [4.69, 9.17) is 0 Å². The van der Waals surface area contributed by atoms with Crippen LogP contribution in [0.25, 0.3) is 111 Å². The topological polar surface area (TPSA) is 33.6 Å². The van der Waals surface area contributed by atoms with Gasteiger partial charge in [-0.25, -0.2) is 0 Å². The van der Waals surface area contributed by atoms with Crippen LogP contribution < -0.4 is 0 Å². The van der Waals surface area contributed by atoms with Crippen LogP contribution in [0.2, 0.25) is 0 Å². The van der Waals surface area contributed by atoms with Crippen molar-refractivity contribution in [3.8, 4) is 73.1 Å². The smallest absolute Gasteiger partial charge is 0.308 e. The van der Waals surface area contributed by atoms with Gasteiger partial charge in [0.1, 0.15) is 0 Å². The lowest BCUT2D eigenvalue weighted by Crippen LogP contribution is -2.14. The van der Waals surface area contributed by atoms with Crippen LogP contribution in [0.4, 0.5) is 132 Å². The highest BCUT2D eigenvalue weighted by Crippen LogP contribution is 2.53. The van der Waals surface area contributed by atoms with Gasteiger partial charge in [-0.15, -0.1) is 0 Å². The minimum absolute atomic E-state index is 0.0135. The summed E-state index contributed by atoms with van der Waals surface area (Å²) in [5.74, 6) is 0. The maximum atomic E-state index is 16.2. The van der Waals surface area contributed by atoms with E-state index in [1.165, 1.54) is 0 Å². The Morgan fingerprint density at radius 2 is 0.423 bits per heavy atom. The highest BCUT2D eigenvalue weighted by Gasteiger charge is 2.45. The summed E-state index contributed by atoms with van der Waals surface area (Å²) >= 11 is 0. The average Bonchev–Trinajstić information content (AvgIpc) is 1.51. The fraction of sp³-hybridized carbons (Fsp3) is 0.141. The van der Waals surface area contributed by atoms with Gasteiger partial charge >= 0.3 is 61.8 Å². The third-order valence-electron chi connectivity index (χ3n) is 17.0. The van der Waals surface area contributed by atoms with Gasteiger partial charge in [0.2, 0.25) is 0 Å². The number of aromatic nitrogens is 2. The molecule has 0 amide bonds. The van der Waals surface area contributed by atoms with Gasteiger partial charge in [-0.05, 0) is 147 Å². The molecule has 0 N–H and O–H groups in total. The standard InChI is InChI=1S/C71H29F30N3/c72-62(73,74)36-5-14-41(50(25-36)67(87,88)89)32-1-10-45-46-11-2-33(42-15-6-37(63(75,76)77)26-51(42)68(90,91)92)22-56(46)103(55(45)21-32)59-19-31(30-102)20-60(61(59)49-18-9-40(66(84,85)86)29-54(49)71(99,100)101)104-57-23-34(43-16-7-38(64(78,79)80)27-52(43)69(93,94)95)3-12-47(57)48-13-4-35(24-58(48)104)44-17-8-39(65(81,82)83)28-53(44)70(96,97)98/h1-29H. The highest BCUT2D eigenvalue weighted by molar-refractivity contribution is 6.14. The molecule has 33 heteroatoms. The molecule has 2 aromatic heterocycles. The van der Waals surface area contributed by atoms with E-state index in [9.17, 15) is 71.1 Å². The van der Waals surface area contributed by atoms with E-state index in [-0.39, 0.29) is 82.2 Å². The van der Waals surface area contributed by atoms with Crippen molar-refractivity contribution in [2.45, 2.75) is 61.8 Å². The molecule has 0 bridgehead atoms. The second-order valence-electron chi connectivity index (χ2n) is 23.4. The fourth-order valence-corrected chi connectivity index (χ4v) is 12.5. The third kappa shape index (κ3) is 13.3. The van der Waals surface area contributed by atoms with Crippen LogP contribution in [0.15, 0.2) is 176 Å². The number of nitrogens with zero attached hydrogens (tertiary/aromatic N) is 3. The number of rotatable bonds is 7. The third-order valence-corrected chi connectivity index (χ3v) is 17.0. The van der Waals surface area contributed by atoms with Crippen LogP contribution in [-0.2, 0) is 61.8 Å². The minimum Gasteiger partial charge on any atom is -0.308 e. The molecule has 0 aliphatic rings. The first-order valence-electron chi connectivity index (χ1n) is 29.0. The molecule has 12 aromatic rings. The van der Waals surface area contributed by atoms with Gasteiger partial charge in [0.15, 0.2) is 0 Å². The van der Waals surface area contributed by atoms with Gasteiger partial charge in [0.05, 0.1) is 101 Å². The number of benzene rings is 10. The fourth-order valence-electron chi connectivity index (χ4n) is 12.5. The Bertz CT molecular complexity index is 4970. The van der Waals surface area contributed by atoms with E-state index in [1.807, 2.05) is 0 Å². The van der Waals surface area contributed by atoms with Crippen molar-refractivity contribution in [3.05, 3.63) is 237 Å². The summed E-state index contributed by atoms with van der Waals surface area (Å²) in [5.41, 5.74) is -36.4. The largest absolute Gasteiger partial charge is 0.417 e. The summed E-state index contributed by atoms with van der Waals surface area (Å²) in [7, 11) is 0. The molecule has 0 unspecified atom stereocenters. The number of alkyl halides is 30. The first-order chi connectivity index (χ1) is 47.8. The monoisotopic (exact) mass is 1490 g/mol. The van der Waals surface area contributed by atoms with Crippen LogP contribution in [0, 0.1) is 11.3 Å². The van der Waals surface area contributed by atoms with Crippen molar-refractivity contribution in [2.24, 2.45) is 0 Å². The van der Waals surface area contributed by atoms with E-state index in [0.717, 1.165) is 48.5 Å². The van der Waals surface area contributed by atoms with Crippen LogP contribution in [0.3, 0.4) is 0 Å². The zero-order chi connectivity index (χ0) is 76.3. The van der Waals surface area contributed by atoms with Crippen molar-refractivity contribution in [1.82, 2.24) is 9.13 Å². The SMILES string of the molecule is N#Cc1cc(-n2c3cc(-c4ccc(C(F)(F)F)cc4C(F)(F)F)ccc3c3ccc(-c4ccc(C(F)(F)F)cc4C(F)(F)F)cc32)c(-c2ccc(C(F)(F)F)cc2C(F)(F)F)c(-n2c3cc(-c4ccc(C(F)(F)F)cc4C(F)(F)F)ccc3c3ccc(-c4ccc(C(F)(F)F)cc4C(F)(F)F)cc32)c1.